The van der Waals surface area contributed by atoms with Gasteiger partial charge in [0.05, 0.1) is 0 Å². The molecule has 0 bridgehead atoms. The average molecular weight is 239 g/mol. The second-order valence-electron chi connectivity index (χ2n) is 3.56. The van der Waals surface area contributed by atoms with Crippen LogP contribution in [-0.2, 0) is 21.3 Å². The topological polar surface area (TPSA) is 46.2 Å². The van der Waals surface area contributed by atoms with Gasteiger partial charge in [-0.2, -0.15) is 0 Å². The molecule has 1 amide bonds. The van der Waals surface area contributed by atoms with E-state index in [2.05, 4.69) is 5.32 Å². The molecule has 16 heavy (non-hydrogen) atoms. The molecule has 1 aromatic carbocycles. The molecule has 0 saturated carbocycles. The molecule has 0 spiro atoms. The molecule has 3 nitrogen and oxygen atoms in total. The highest BCUT2D eigenvalue weighted by atomic mass is 32.2. The molecule has 0 aromatic heterocycles. The summed E-state index contributed by atoms with van der Waals surface area (Å²) in [6.07, 6.45) is 0.900. The largest absolute Gasteiger partial charge is 0.355 e. The van der Waals surface area contributed by atoms with Crippen molar-refractivity contribution in [3.63, 3.8) is 0 Å². The lowest BCUT2D eigenvalue weighted by molar-refractivity contribution is -0.118. The van der Waals surface area contributed by atoms with E-state index in [1.165, 1.54) is 0 Å². The van der Waals surface area contributed by atoms with E-state index < -0.39 is 10.8 Å². The van der Waals surface area contributed by atoms with Crippen molar-refractivity contribution in [1.29, 1.82) is 0 Å². The van der Waals surface area contributed by atoms with Crippen molar-refractivity contribution < 1.29 is 9.00 Å². The Kier molecular flexibility index (Phi) is 5.78. The second kappa shape index (κ2) is 7.17. The van der Waals surface area contributed by atoms with Crippen molar-refractivity contribution in [3.8, 4) is 0 Å². The predicted octanol–water partition coefficient (Wildman–Crippen LogP) is 1.46. The summed E-state index contributed by atoms with van der Waals surface area (Å²) < 4.78 is 11.6. The minimum atomic E-state index is -1.12. The van der Waals surface area contributed by atoms with E-state index in [4.69, 9.17) is 0 Å². The quantitative estimate of drug-likeness (QED) is 0.817. The predicted molar refractivity (Wildman–Crippen MR) is 66.5 cm³/mol. The van der Waals surface area contributed by atoms with Gasteiger partial charge in [-0.1, -0.05) is 37.3 Å². The van der Waals surface area contributed by atoms with Crippen LogP contribution in [0.1, 0.15) is 18.9 Å². The number of rotatable bonds is 6. The zero-order valence-corrected chi connectivity index (χ0v) is 10.3. The molecular weight excluding hydrogens is 222 g/mol. The molecule has 0 fully saturated rings. The number of hydrogen-bond donors (Lipinski definition) is 1. The molecule has 88 valence electrons. The van der Waals surface area contributed by atoms with Crippen LogP contribution in [0.3, 0.4) is 0 Å². The molecule has 0 aliphatic carbocycles. The van der Waals surface area contributed by atoms with Gasteiger partial charge in [0.25, 0.3) is 0 Å². The van der Waals surface area contributed by atoms with Crippen LogP contribution < -0.4 is 5.32 Å². The van der Waals surface area contributed by atoms with Crippen LogP contribution in [0.15, 0.2) is 30.3 Å². The highest BCUT2D eigenvalue weighted by Gasteiger charge is 2.07. The SMILES string of the molecule is CCCNC(=O)C[S@@](=O)Cc1ccccc1. The second-order valence-corrected chi connectivity index (χ2v) is 5.02. The molecule has 0 aliphatic rings. The van der Waals surface area contributed by atoms with E-state index in [0.29, 0.717) is 12.3 Å². The van der Waals surface area contributed by atoms with E-state index in [9.17, 15) is 9.00 Å². The number of carbonyl (C=O) groups excluding carboxylic acids is 1. The third-order valence-corrected chi connectivity index (χ3v) is 3.27. The van der Waals surface area contributed by atoms with Gasteiger partial charge in [-0.05, 0) is 12.0 Å². The zero-order chi connectivity index (χ0) is 11.8. The Morgan fingerprint density at radius 1 is 1.31 bits per heavy atom. The smallest absolute Gasteiger partial charge is 0.232 e. The van der Waals surface area contributed by atoms with Gasteiger partial charge >= 0.3 is 0 Å². The average Bonchev–Trinajstić information content (AvgIpc) is 2.27. The van der Waals surface area contributed by atoms with Gasteiger partial charge in [-0.3, -0.25) is 9.00 Å². The maximum absolute atomic E-state index is 11.6. The summed E-state index contributed by atoms with van der Waals surface area (Å²) in [5, 5.41) is 2.72. The summed E-state index contributed by atoms with van der Waals surface area (Å²) in [6, 6.07) is 9.57. The Labute approximate surface area is 98.7 Å². The number of hydrogen-bond acceptors (Lipinski definition) is 2. The summed E-state index contributed by atoms with van der Waals surface area (Å²) in [4.78, 5) is 11.3. The Morgan fingerprint density at radius 3 is 2.62 bits per heavy atom. The number of nitrogens with one attached hydrogen (secondary N) is 1. The monoisotopic (exact) mass is 239 g/mol. The molecule has 1 rings (SSSR count). The van der Waals surface area contributed by atoms with Crippen LogP contribution in [0.4, 0.5) is 0 Å². The Bertz CT molecular complexity index is 351. The highest BCUT2D eigenvalue weighted by Crippen LogP contribution is 2.02. The zero-order valence-electron chi connectivity index (χ0n) is 9.44. The summed E-state index contributed by atoms with van der Waals surface area (Å²) in [6.45, 7) is 2.64. The Morgan fingerprint density at radius 2 is 2.00 bits per heavy atom. The van der Waals surface area contributed by atoms with Crippen molar-refractivity contribution in [2.75, 3.05) is 12.3 Å². The standard InChI is InChI=1S/C12H17NO2S/c1-2-8-13-12(14)10-16(15)9-11-6-4-3-5-7-11/h3-7H,2,8-10H2,1H3,(H,13,14)/t16-/m0/s1. The molecule has 0 unspecified atom stereocenters. The summed E-state index contributed by atoms with van der Waals surface area (Å²) in [7, 11) is -1.12. The van der Waals surface area contributed by atoms with Gasteiger partial charge in [-0.25, -0.2) is 0 Å². The maximum atomic E-state index is 11.6. The van der Waals surface area contributed by atoms with Crippen LogP contribution in [0.2, 0.25) is 0 Å². The molecule has 1 N–H and O–H groups in total. The lowest BCUT2D eigenvalue weighted by atomic mass is 10.2. The minimum absolute atomic E-state index is 0.0922. The van der Waals surface area contributed by atoms with Gasteiger partial charge in [0.15, 0.2) is 0 Å². The van der Waals surface area contributed by atoms with Crippen molar-refractivity contribution in [2.24, 2.45) is 0 Å². The van der Waals surface area contributed by atoms with Crippen LogP contribution in [0, 0.1) is 0 Å². The van der Waals surface area contributed by atoms with Crippen molar-refractivity contribution in [1.82, 2.24) is 5.32 Å². The molecule has 0 aliphatic heterocycles. The summed E-state index contributed by atoms with van der Waals surface area (Å²) in [5.74, 6) is 0.408. The van der Waals surface area contributed by atoms with E-state index in [-0.39, 0.29) is 11.7 Å². The molecular formula is C12H17NO2S. The highest BCUT2D eigenvalue weighted by molar-refractivity contribution is 7.84. The van der Waals surface area contributed by atoms with E-state index in [1.54, 1.807) is 0 Å². The van der Waals surface area contributed by atoms with Crippen molar-refractivity contribution >= 4 is 16.7 Å². The number of benzene rings is 1. The summed E-state index contributed by atoms with van der Waals surface area (Å²) >= 11 is 0. The summed E-state index contributed by atoms with van der Waals surface area (Å²) in [5.41, 5.74) is 1.00. The van der Waals surface area contributed by atoms with Gasteiger partial charge in [0.2, 0.25) is 5.91 Å². The first-order chi connectivity index (χ1) is 7.72. The molecule has 1 atom stereocenters. The lowest BCUT2D eigenvalue weighted by Crippen LogP contribution is -2.29. The molecule has 1 aromatic rings. The third kappa shape index (κ3) is 5.07. The molecule has 4 heteroatoms. The van der Waals surface area contributed by atoms with Crippen molar-refractivity contribution in [3.05, 3.63) is 35.9 Å². The third-order valence-electron chi connectivity index (χ3n) is 2.03. The fourth-order valence-corrected chi connectivity index (χ4v) is 2.33. The van der Waals surface area contributed by atoms with Crippen molar-refractivity contribution in [2.45, 2.75) is 19.1 Å². The fourth-order valence-electron chi connectivity index (χ4n) is 1.27. The maximum Gasteiger partial charge on any atom is 0.232 e. The first-order valence-electron chi connectivity index (χ1n) is 5.38. The van der Waals surface area contributed by atoms with Gasteiger partial charge < -0.3 is 5.32 Å². The van der Waals surface area contributed by atoms with Crippen LogP contribution in [-0.4, -0.2) is 22.4 Å². The number of amides is 1. The Balaban J connectivity index is 2.34. The van der Waals surface area contributed by atoms with Crippen LogP contribution in [0.5, 0.6) is 0 Å². The number of carbonyl (C=O) groups is 1. The van der Waals surface area contributed by atoms with Gasteiger partial charge in [0.1, 0.15) is 5.75 Å². The van der Waals surface area contributed by atoms with Crippen LogP contribution >= 0.6 is 0 Å². The molecule has 0 saturated heterocycles. The first kappa shape index (κ1) is 12.9. The van der Waals surface area contributed by atoms with E-state index in [0.717, 1.165) is 12.0 Å². The van der Waals surface area contributed by atoms with E-state index in [1.807, 2.05) is 37.3 Å². The fraction of sp³-hybridized carbons (Fsp3) is 0.417. The first-order valence-corrected chi connectivity index (χ1v) is 6.86. The van der Waals surface area contributed by atoms with E-state index >= 15 is 0 Å². The minimum Gasteiger partial charge on any atom is -0.355 e. The van der Waals surface area contributed by atoms with Gasteiger partial charge in [0, 0.05) is 23.1 Å². The normalized spacial score (nSPS) is 12.1. The Hall–Kier alpha value is -1.16. The van der Waals surface area contributed by atoms with Gasteiger partial charge in [-0.15, -0.1) is 0 Å². The molecule has 0 heterocycles. The van der Waals surface area contributed by atoms with Crippen LogP contribution in [0.25, 0.3) is 0 Å². The molecule has 0 radical (unpaired) electrons. The lowest BCUT2D eigenvalue weighted by Gasteiger charge is -2.03.